The molecule has 1 N–H and O–H groups in total. The average molecular weight is 356 g/mol. The van der Waals surface area contributed by atoms with Crippen molar-refractivity contribution in [1.29, 1.82) is 0 Å². The monoisotopic (exact) mass is 356 g/mol. The van der Waals surface area contributed by atoms with Crippen LogP contribution in [-0.4, -0.2) is 32.6 Å². The standard InChI is InChI=1S/C18H20N4O2S/c1-4-21(12(3)23)16-9-18(24)17(7-11(16)2)22-19-14-6-5-13(10-25)8-15(14)20-22/h5-9,24-25H,4,10H2,1-3H3. The SMILES string of the molecule is CCN(C(C)=O)c1cc(O)c(-n2nc3ccc(CS)cc3n2)cc1C. The molecule has 6 nitrogen and oxygen atoms in total. The zero-order valence-corrected chi connectivity index (χ0v) is 15.3. The number of rotatable bonds is 4. The highest BCUT2D eigenvalue weighted by Gasteiger charge is 2.17. The first-order valence-electron chi connectivity index (χ1n) is 8.03. The maximum absolute atomic E-state index is 11.8. The van der Waals surface area contributed by atoms with Gasteiger partial charge in [-0.05, 0) is 43.2 Å². The first kappa shape index (κ1) is 17.3. The minimum absolute atomic E-state index is 0.0232. The largest absolute Gasteiger partial charge is 0.506 e. The molecule has 0 saturated heterocycles. The summed E-state index contributed by atoms with van der Waals surface area (Å²) >= 11 is 4.27. The molecule has 0 aliphatic carbocycles. The van der Waals surface area contributed by atoms with Gasteiger partial charge in [-0.2, -0.15) is 12.6 Å². The lowest BCUT2D eigenvalue weighted by Crippen LogP contribution is -2.28. The summed E-state index contributed by atoms with van der Waals surface area (Å²) < 4.78 is 0. The molecule has 0 bridgehead atoms. The number of thiol groups is 1. The molecule has 3 rings (SSSR count). The van der Waals surface area contributed by atoms with Crippen LogP contribution in [0.1, 0.15) is 25.0 Å². The molecule has 0 spiro atoms. The number of carbonyl (C=O) groups excluding carboxylic acids is 1. The number of benzene rings is 2. The van der Waals surface area contributed by atoms with E-state index in [9.17, 15) is 9.90 Å². The molecule has 25 heavy (non-hydrogen) atoms. The van der Waals surface area contributed by atoms with Crippen molar-refractivity contribution in [1.82, 2.24) is 15.0 Å². The second kappa shape index (κ2) is 6.76. The van der Waals surface area contributed by atoms with Crippen LogP contribution in [0.4, 0.5) is 5.69 Å². The number of aromatic nitrogens is 3. The quantitative estimate of drug-likeness (QED) is 0.704. The van der Waals surface area contributed by atoms with E-state index in [0.717, 1.165) is 22.2 Å². The summed E-state index contributed by atoms with van der Waals surface area (Å²) in [5.41, 5.74) is 4.56. The zero-order valence-electron chi connectivity index (χ0n) is 14.4. The van der Waals surface area contributed by atoms with Crippen LogP contribution in [0.3, 0.4) is 0 Å². The second-order valence-corrected chi connectivity index (χ2v) is 6.18. The number of carbonyl (C=O) groups is 1. The van der Waals surface area contributed by atoms with Gasteiger partial charge in [0.15, 0.2) is 0 Å². The molecule has 0 saturated carbocycles. The summed E-state index contributed by atoms with van der Waals surface area (Å²) in [6.45, 7) is 5.83. The van der Waals surface area contributed by atoms with Gasteiger partial charge < -0.3 is 10.0 Å². The first-order chi connectivity index (χ1) is 11.9. The van der Waals surface area contributed by atoms with Crippen molar-refractivity contribution in [2.75, 3.05) is 11.4 Å². The molecule has 1 amide bonds. The number of phenolic OH excluding ortho intramolecular Hbond substituents is 1. The Morgan fingerprint density at radius 3 is 2.60 bits per heavy atom. The van der Waals surface area contributed by atoms with E-state index in [1.54, 1.807) is 17.0 Å². The minimum atomic E-state index is -0.0695. The normalized spacial score (nSPS) is 11.0. The molecule has 0 radical (unpaired) electrons. The molecule has 0 atom stereocenters. The zero-order chi connectivity index (χ0) is 18.1. The van der Waals surface area contributed by atoms with E-state index in [1.165, 1.54) is 11.7 Å². The molecular weight excluding hydrogens is 336 g/mol. The summed E-state index contributed by atoms with van der Waals surface area (Å²) in [5, 5.41) is 19.4. The van der Waals surface area contributed by atoms with Gasteiger partial charge in [0.25, 0.3) is 0 Å². The molecule has 0 fully saturated rings. The molecule has 130 valence electrons. The predicted octanol–water partition coefficient (Wildman–Crippen LogP) is 3.24. The van der Waals surface area contributed by atoms with Crippen molar-refractivity contribution in [3.63, 3.8) is 0 Å². The number of anilines is 1. The van der Waals surface area contributed by atoms with E-state index in [1.807, 2.05) is 32.0 Å². The highest BCUT2D eigenvalue weighted by Crippen LogP contribution is 2.31. The maximum atomic E-state index is 11.8. The van der Waals surface area contributed by atoms with E-state index in [0.29, 0.717) is 23.7 Å². The van der Waals surface area contributed by atoms with Gasteiger partial charge in [-0.25, -0.2) is 0 Å². The van der Waals surface area contributed by atoms with E-state index in [4.69, 9.17) is 0 Å². The molecule has 0 aliphatic heterocycles. The van der Waals surface area contributed by atoms with Gasteiger partial charge in [-0.15, -0.1) is 15.0 Å². The number of phenols is 1. The van der Waals surface area contributed by atoms with Gasteiger partial charge in [0.1, 0.15) is 22.5 Å². The molecule has 0 unspecified atom stereocenters. The third-order valence-electron chi connectivity index (χ3n) is 4.12. The van der Waals surface area contributed by atoms with Gasteiger partial charge in [0, 0.05) is 25.3 Å². The van der Waals surface area contributed by atoms with Crippen molar-refractivity contribution in [3.8, 4) is 11.4 Å². The number of aryl methyl sites for hydroxylation is 1. The molecule has 0 aliphatic rings. The van der Waals surface area contributed by atoms with Gasteiger partial charge in [-0.1, -0.05) is 6.07 Å². The van der Waals surface area contributed by atoms with Gasteiger partial charge in [0.05, 0.1) is 5.69 Å². The molecule has 1 heterocycles. The van der Waals surface area contributed by atoms with Gasteiger partial charge in [0.2, 0.25) is 5.91 Å². The van der Waals surface area contributed by atoms with Crippen LogP contribution < -0.4 is 4.90 Å². The molecule has 2 aromatic carbocycles. The Bertz CT molecular complexity index is 952. The lowest BCUT2D eigenvalue weighted by molar-refractivity contribution is -0.116. The summed E-state index contributed by atoms with van der Waals surface area (Å²) in [6, 6.07) is 9.14. The van der Waals surface area contributed by atoms with Crippen LogP contribution in [0.2, 0.25) is 0 Å². The van der Waals surface area contributed by atoms with E-state index in [2.05, 4.69) is 22.8 Å². The molecular formula is C18H20N4O2S. The van der Waals surface area contributed by atoms with Crippen molar-refractivity contribution < 1.29 is 9.90 Å². The number of nitrogens with zero attached hydrogens (tertiary/aromatic N) is 4. The fraction of sp³-hybridized carbons (Fsp3) is 0.278. The summed E-state index contributed by atoms with van der Waals surface area (Å²) in [5.74, 6) is 0.578. The topological polar surface area (TPSA) is 71.2 Å². The van der Waals surface area contributed by atoms with Crippen molar-refractivity contribution >= 4 is 35.3 Å². The predicted molar refractivity (Wildman–Crippen MR) is 102 cm³/mol. The van der Waals surface area contributed by atoms with E-state index >= 15 is 0 Å². The van der Waals surface area contributed by atoms with Crippen molar-refractivity contribution in [2.24, 2.45) is 0 Å². The Kier molecular flexibility index (Phi) is 4.67. The average Bonchev–Trinajstić information content (AvgIpc) is 3.00. The highest BCUT2D eigenvalue weighted by atomic mass is 32.1. The fourth-order valence-corrected chi connectivity index (χ4v) is 3.05. The van der Waals surface area contributed by atoms with E-state index in [-0.39, 0.29) is 11.7 Å². The highest BCUT2D eigenvalue weighted by molar-refractivity contribution is 7.79. The number of hydrogen-bond donors (Lipinski definition) is 2. The van der Waals surface area contributed by atoms with Gasteiger partial charge >= 0.3 is 0 Å². The Labute approximate surface area is 151 Å². The van der Waals surface area contributed by atoms with Crippen LogP contribution in [0.5, 0.6) is 5.75 Å². The fourth-order valence-electron chi connectivity index (χ4n) is 2.85. The van der Waals surface area contributed by atoms with Crippen LogP contribution in [0, 0.1) is 6.92 Å². The van der Waals surface area contributed by atoms with Crippen LogP contribution in [0.25, 0.3) is 16.7 Å². The Morgan fingerprint density at radius 2 is 1.96 bits per heavy atom. The second-order valence-electron chi connectivity index (χ2n) is 5.86. The van der Waals surface area contributed by atoms with Crippen molar-refractivity contribution in [3.05, 3.63) is 41.5 Å². The Morgan fingerprint density at radius 1 is 1.24 bits per heavy atom. The summed E-state index contributed by atoms with van der Waals surface area (Å²) in [6.07, 6.45) is 0. The number of aromatic hydroxyl groups is 1. The van der Waals surface area contributed by atoms with Crippen molar-refractivity contribution in [2.45, 2.75) is 26.5 Å². The third kappa shape index (κ3) is 3.19. The number of fused-ring (bicyclic) bond motifs is 1. The van der Waals surface area contributed by atoms with Crippen LogP contribution in [-0.2, 0) is 10.5 Å². The molecule has 1 aromatic heterocycles. The van der Waals surface area contributed by atoms with E-state index < -0.39 is 0 Å². The van der Waals surface area contributed by atoms with Crippen LogP contribution in [0.15, 0.2) is 30.3 Å². The third-order valence-corrected chi connectivity index (χ3v) is 4.49. The lowest BCUT2D eigenvalue weighted by atomic mass is 10.1. The first-order valence-corrected chi connectivity index (χ1v) is 8.66. The Hall–Kier alpha value is -2.54. The Balaban J connectivity index is 2.09. The van der Waals surface area contributed by atoms with Crippen LogP contribution >= 0.6 is 12.6 Å². The molecule has 7 heteroatoms. The maximum Gasteiger partial charge on any atom is 0.223 e. The lowest BCUT2D eigenvalue weighted by Gasteiger charge is -2.22. The number of hydrogen-bond acceptors (Lipinski definition) is 5. The number of amides is 1. The summed E-state index contributed by atoms with van der Waals surface area (Å²) in [4.78, 5) is 14.8. The molecule has 3 aromatic rings. The smallest absolute Gasteiger partial charge is 0.223 e. The minimum Gasteiger partial charge on any atom is -0.506 e. The van der Waals surface area contributed by atoms with Gasteiger partial charge in [-0.3, -0.25) is 4.79 Å². The summed E-state index contributed by atoms with van der Waals surface area (Å²) in [7, 11) is 0.